The SMILES string of the molecule is Cc1cc(NC(=O)CN2C(=O)[C@@H]3[C@H](C2=O)C2(Cl)c4ccccc4C3(Cl)c3ccccc32)no1. The molecule has 1 aliphatic heterocycles. The highest BCUT2D eigenvalue weighted by Gasteiger charge is 2.73. The van der Waals surface area contributed by atoms with Crippen molar-refractivity contribution in [3.05, 3.63) is 82.6 Å². The summed E-state index contributed by atoms with van der Waals surface area (Å²) in [6, 6.07) is 16.3. The first-order chi connectivity index (χ1) is 15.8. The van der Waals surface area contributed by atoms with Crippen molar-refractivity contribution in [3.63, 3.8) is 0 Å². The van der Waals surface area contributed by atoms with Gasteiger partial charge in [0.05, 0.1) is 11.8 Å². The van der Waals surface area contributed by atoms with Gasteiger partial charge in [-0.3, -0.25) is 19.3 Å². The maximum Gasteiger partial charge on any atom is 0.245 e. The van der Waals surface area contributed by atoms with Gasteiger partial charge in [-0.15, -0.1) is 23.2 Å². The molecule has 33 heavy (non-hydrogen) atoms. The Balaban J connectivity index is 1.45. The smallest absolute Gasteiger partial charge is 0.245 e. The van der Waals surface area contributed by atoms with Crippen molar-refractivity contribution in [1.29, 1.82) is 0 Å². The van der Waals surface area contributed by atoms with E-state index in [1.807, 2.05) is 48.5 Å². The molecular weight excluding hydrogens is 465 g/mol. The average Bonchev–Trinajstić information content (AvgIpc) is 3.33. The molecule has 1 fully saturated rings. The number of benzene rings is 2. The fourth-order valence-electron chi connectivity index (χ4n) is 5.63. The van der Waals surface area contributed by atoms with Crippen molar-refractivity contribution in [2.24, 2.45) is 11.8 Å². The number of amides is 3. The van der Waals surface area contributed by atoms with Crippen molar-refractivity contribution < 1.29 is 18.9 Å². The van der Waals surface area contributed by atoms with E-state index in [2.05, 4.69) is 10.5 Å². The molecule has 0 unspecified atom stereocenters. The number of alkyl halides is 2. The van der Waals surface area contributed by atoms with E-state index in [9.17, 15) is 14.4 Å². The third kappa shape index (κ3) is 2.46. The molecule has 2 bridgehead atoms. The van der Waals surface area contributed by atoms with Crippen molar-refractivity contribution in [1.82, 2.24) is 10.1 Å². The van der Waals surface area contributed by atoms with Gasteiger partial charge in [0.25, 0.3) is 0 Å². The van der Waals surface area contributed by atoms with Gasteiger partial charge in [-0.05, 0) is 29.2 Å². The summed E-state index contributed by atoms with van der Waals surface area (Å²) in [4.78, 5) is 38.4. The minimum absolute atomic E-state index is 0.205. The van der Waals surface area contributed by atoms with E-state index in [1.165, 1.54) is 0 Å². The Kier molecular flexibility index (Phi) is 4.14. The molecular formula is C24H17Cl2N3O4. The van der Waals surface area contributed by atoms with Crippen LogP contribution in [0.2, 0.25) is 0 Å². The van der Waals surface area contributed by atoms with E-state index in [-0.39, 0.29) is 5.82 Å². The Morgan fingerprint density at radius 2 is 1.42 bits per heavy atom. The minimum Gasteiger partial charge on any atom is -0.360 e. The molecule has 2 atom stereocenters. The van der Waals surface area contributed by atoms with E-state index in [0.29, 0.717) is 28.0 Å². The van der Waals surface area contributed by atoms with Crippen molar-refractivity contribution in [3.8, 4) is 0 Å². The van der Waals surface area contributed by atoms with Crippen LogP contribution in [0.4, 0.5) is 5.82 Å². The quantitative estimate of drug-likeness (QED) is 0.456. The summed E-state index contributed by atoms with van der Waals surface area (Å²) in [6.45, 7) is 1.22. The number of rotatable bonds is 3. The first kappa shape index (κ1) is 20.4. The summed E-state index contributed by atoms with van der Waals surface area (Å²) in [5, 5.41) is 6.26. The van der Waals surface area contributed by atoms with Crippen molar-refractivity contribution >= 4 is 46.7 Å². The molecule has 9 heteroatoms. The number of aryl methyl sites for hydroxylation is 1. The van der Waals surface area contributed by atoms with E-state index in [1.54, 1.807) is 13.0 Å². The highest BCUT2D eigenvalue weighted by molar-refractivity contribution is 6.36. The van der Waals surface area contributed by atoms with Gasteiger partial charge in [-0.2, -0.15) is 0 Å². The Morgan fingerprint density at radius 3 is 1.82 bits per heavy atom. The molecule has 1 saturated heterocycles. The van der Waals surface area contributed by atoms with Crippen LogP contribution in [0, 0.1) is 18.8 Å². The van der Waals surface area contributed by atoms with Gasteiger partial charge < -0.3 is 9.84 Å². The van der Waals surface area contributed by atoms with Gasteiger partial charge in [0.2, 0.25) is 17.7 Å². The molecule has 1 aromatic heterocycles. The van der Waals surface area contributed by atoms with Crippen LogP contribution in [-0.4, -0.2) is 34.3 Å². The second-order valence-corrected chi connectivity index (χ2v) is 9.80. The van der Waals surface area contributed by atoms with Crippen LogP contribution in [0.25, 0.3) is 0 Å². The number of hydrogen-bond donors (Lipinski definition) is 1. The number of aromatic nitrogens is 1. The van der Waals surface area contributed by atoms with E-state index in [0.717, 1.165) is 4.90 Å². The zero-order valence-corrected chi connectivity index (χ0v) is 18.9. The zero-order valence-electron chi connectivity index (χ0n) is 17.3. The Labute approximate surface area is 198 Å². The maximum atomic E-state index is 13.6. The lowest BCUT2D eigenvalue weighted by molar-refractivity contribution is -0.142. The molecule has 3 amide bonds. The van der Waals surface area contributed by atoms with Crippen molar-refractivity contribution in [2.45, 2.75) is 16.7 Å². The molecule has 7 nitrogen and oxygen atoms in total. The van der Waals surface area contributed by atoms with E-state index < -0.39 is 45.9 Å². The molecule has 7 rings (SSSR count). The summed E-state index contributed by atoms with van der Waals surface area (Å²) in [5.41, 5.74) is 2.86. The second kappa shape index (κ2) is 6.68. The summed E-state index contributed by atoms with van der Waals surface area (Å²) >= 11 is 14.7. The topological polar surface area (TPSA) is 92.5 Å². The average molecular weight is 482 g/mol. The lowest BCUT2D eigenvalue weighted by atomic mass is 9.54. The summed E-state index contributed by atoms with van der Waals surface area (Å²) in [7, 11) is 0. The van der Waals surface area contributed by atoms with Crippen LogP contribution < -0.4 is 5.32 Å². The van der Waals surface area contributed by atoms with Crippen molar-refractivity contribution in [2.75, 3.05) is 11.9 Å². The highest BCUT2D eigenvalue weighted by Crippen LogP contribution is 2.69. The highest BCUT2D eigenvalue weighted by atomic mass is 35.5. The Bertz CT molecular complexity index is 1250. The number of hydrogen-bond acceptors (Lipinski definition) is 5. The van der Waals surface area contributed by atoms with Crippen LogP contribution in [0.1, 0.15) is 28.0 Å². The van der Waals surface area contributed by atoms with Gasteiger partial charge in [0, 0.05) is 6.07 Å². The number of nitrogens with zero attached hydrogens (tertiary/aromatic N) is 2. The van der Waals surface area contributed by atoms with Crippen LogP contribution in [0.3, 0.4) is 0 Å². The first-order valence-corrected chi connectivity index (χ1v) is 11.2. The number of likely N-dealkylation sites (tertiary alicyclic amines) is 1. The lowest BCUT2D eigenvalue weighted by Crippen LogP contribution is -2.57. The standard InChI is InChI=1S/C24H17Cl2N3O4/c1-12-10-17(28-33-12)27-18(30)11-29-21(31)19-20(22(29)32)24(26)14-7-3-2-6-13(14)23(19,25)15-8-4-5-9-16(15)24/h2-10,19-20H,11H2,1H3,(H,27,28,30)/t19-,20+,23?,24?. The summed E-state index contributed by atoms with van der Waals surface area (Å²) in [6.07, 6.45) is 0. The normalized spacial score (nSPS) is 29.0. The molecule has 3 aliphatic carbocycles. The molecule has 2 heterocycles. The largest absolute Gasteiger partial charge is 0.360 e. The van der Waals surface area contributed by atoms with Crippen LogP contribution in [-0.2, 0) is 24.1 Å². The number of carbonyl (C=O) groups excluding carboxylic acids is 3. The predicted octanol–water partition coefficient (Wildman–Crippen LogP) is 3.51. The van der Waals surface area contributed by atoms with Gasteiger partial charge in [0.1, 0.15) is 22.1 Å². The number of anilines is 1. The molecule has 4 aliphatic rings. The fourth-order valence-corrected chi connectivity index (χ4v) is 6.73. The number of halogens is 2. The fraction of sp³-hybridized carbons (Fsp3) is 0.250. The van der Waals surface area contributed by atoms with Gasteiger partial charge in [-0.25, -0.2) is 0 Å². The maximum absolute atomic E-state index is 13.6. The lowest BCUT2D eigenvalue weighted by Gasteiger charge is -2.54. The van der Waals surface area contributed by atoms with Crippen LogP contribution >= 0.6 is 23.2 Å². The van der Waals surface area contributed by atoms with Gasteiger partial charge in [-0.1, -0.05) is 53.7 Å². The molecule has 1 N–H and O–H groups in total. The first-order valence-electron chi connectivity index (χ1n) is 10.4. The van der Waals surface area contributed by atoms with Gasteiger partial charge >= 0.3 is 0 Å². The molecule has 3 aromatic rings. The Morgan fingerprint density at radius 1 is 0.970 bits per heavy atom. The zero-order chi connectivity index (χ0) is 23.1. The number of imide groups is 1. The van der Waals surface area contributed by atoms with Crippen LogP contribution in [0.15, 0.2) is 59.1 Å². The van der Waals surface area contributed by atoms with Gasteiger partial charge in [0.15, 0.2) is 5.82 Å². The monoisotopic (exact) mass is 481 g/mol. The van der Waals surface area contributed by atoms with Crippen LogP contribution in [0.5, 0.6) is 0 Å². The molecule has 166 valence electrons. The second-order valence-electron chi connectivity index (χ2n) is 8.60. The summed E-state index contributed by atoms with van der Waals surface area (Å²) < 4.78 is 4.94. The minimum atomic E-state index is -1.27. The Hall–Kier alpha value is -3.16. The van der Waals surface area contributed by atoms with E-state index >= 15 is 0 Å². The predicted molar refractivity (Wildman–Crippen MR) is 120 cm³/mol. The summed E-state index contributed by atoms with van der Waals surface area (Å²) in [5.74, 6) is -2.74. The third-order valence-electron chi connectivity index (χ3n) is 6.87. The molecule has 0 spiro atoms. The molecule has 2 aromatic carbocycles. The molecule has 0 radical (unpaired) electrons. The van der Waals surface area contributed by atoms with E-state index in [4.69, 9.17) is 27.7 Å². The molecule has 0 saturated carbocycles. The number of carbonyl (C=O) groups is 3. The number of nitrogens with one attached hydrogen (secondary N) is 1. The third-order valence-corrected chi connectivity index (χ3v) is 8.16.